The van der Waals surface area contributed by atoms with Crippen molar-refractivity contribution in [1.82, 2.24) is 9.88 Å². The number of aromatic nitrogens is 1. The molecule has 0 spiro atoms. The maximum absolute atomic E-state index is 13.9. The van der Waals surface area contributed by atoms with Crippen LogP contribution in [0.3, 0.4) is 0 Å². The van der Waals surface area contributed by atoms with Crippen LogP contribution in [0.1, 0.15) is 50.4 Å². The Bertz CT molecular complexity index is 1290. The second kappa shape index (κ2) is 10.7. The van der Waals surface area contributed by atoms with Crippen molar-refractivity contribution < 1.29 is 26.6 Å². The Hall–Kier alpha value is -3.08. The number of benzene rings is 1. The molecule has 2 heterocycles. The Morgan fingerprint density at radius 1 is 1.24 bits per heavy atom. The number of nitrogens with zero attached hydrogens (tertiary/aromatic N) is 3. The van der Waals surface area contributed by atoms with E-state index in [1.54, 1.807) is 24.0 Å². The van der Waals surface area contributed by atoms with Gasteiger partial charge in [-0.15, -0.1) is 0 Å². The predicted molar refractivity (Wildman–Crippen MR) is 135 cm³/mol. The van der Waals surface area contributed by atoms with Gasteiger partial charge >= 0.3 is 6.18 Å². The minimum atomic E-state index is -4.76. The van der Waals surface area contributed by atoms with Crippen LogP contribution < -0.4 is 5.32 Å². The molecule has 6 nitrogen and oxygen atoms in total. The van der Waals surface area contributed by atoms with Crippen LogP contribution >= 0.6 is 0 Å². The van der Waals surface area contributed by atoms with Gasteiger partial charge in [0.25, 0.3) is 5.91 Å². The lowest BCUT2D eigenvalue weighted by atomic mass is 10.0. The van der Waals surface area contributed by atoms with E-state index in [2.05, 4.69) is 15.3 Å². The second-order valence-corrected chi connectivity index (χ2v) is 11.1. The van der Waals surface area contributed by atoms with E-state index in [1.807, 2.05) is 13.8 Å². The quantitative estimate of drug-likeness (QED) is 0.221. The number of rotatable bonds is 6. The Balaban J connectivity index is 1.46. The summed E-state index contributed by atoms with van der Waals surface area (Å²) in [7, 11) is -1.20. The van der Waals surface area contributed by atoms with Gasteiger partial charge in [0.05, 0.1) is 40.5 Å². The molecule has 1 saturated carbocycles. The highest BCUT2D eigenvalue weighted by Crippen LogP contribution is 2.33. The molecule has 2 aliphatic rings. The van der Waals surface area contributed by atoms with E-state index < -0.39 is 28.4 Å². The first-order valence-corrected chi connectivity index (χ1v) is 13.3. The third-order valence-electron chi connectivity index (χ3n) is 6.15. The third-order valence-corrected chi connectivity index (χ3v) is 8.20. The van der Waals surface area contributed by atoms with Crippen molar-refractivity contribution in [2.45, 2.75) is 58.0 Å². The minimum Gasteiger partial charge on any atom is -0.354 e. The summed E-state index contributed by atoms with van der Waals surface area (Å²) in [5.74, 6) is -1.66. The number of hydrogen-bond donors (Lipinski definition) is 1. The molecule has 2 aromatic rings. The number of nitrogens with one attached hydrogen (secondary N) is 1. The molecule has 198 valence electrons. The molecule has 37 heavy (non-hydrogen) atoms. The number of halogens is 4. The summed E-state index contributed by atoms with van der Waals surface area (Å²) in [5.41, 5.74) is 1.17. The summed E-state index contributed by atoms with van der Waals surface area (Å²) < 4.78 is 65.1. The molecule has 1 unspecified atom stereocenters. The molecule has 11 heteroatoms. The van der Waals surface area contributed by atoms with E-state index >= 15 is 0 Å². The van der Waals surface area contributed by atoms with Gasteiger partial charge in [0.2, 0.25) is 0 Å². The highest BCUT2D eigenvalue weighted by molar-refractivity contribution is 8.01. The number of amides is 1. The molecular weight excluding hydrogens is 508 g/mol. The highest BCUT2D eigenvalue weighted by Gasteiger charge is 2.35. The van der Waals surface area contributed by atoms with Gasteiger partial charge in [-0.2, -0.15) is 13.2 Å². The van der Waals surface area contributed by atoms with Crippen LogP contribution in [0.25, 0.3) is 0 Å². The first-order chi connectivity index (χ1) is 17.5. The van der Waals surface area contributed by atoms with Gasteiger partial charge in [-0.3, -0.25) is 14.0 Å². The summed E-state index contributed by atoms with van der Waals surface area (Å²) in [6.07, 6.45) is 0.701. The van der Waals surface area contributed by atoms with Gasteiger partial charge in [-0.25, -0.2) is 9.38 Å². The van der Waals surface area contributed by atoms with Crippen molar-refractivity contribution in [1.29, 1.82) is 0 Å². The van der Waals surface area contributed by atoms with Crippen molar-refractivity contribution in [3.8, 4) is 0 Å². The zero-order valence-electron chi connectivity index (χ0n) is 20.7. The van der Waals surface area contributed by atoms with E-state index in [0.717, 1.165) is 30.5 Å². The Morgan fingerprint density at radius 3 is 2.57 bits per heavy atom. The molecule has 1 aromatic carbocycles. The largest absolute Gasteiger partial charge is 0.419 e. The second-order valence-electron chi connectivity index (χ2n) is 9.40. The number of aliphatic imine (C=N–C) groups is 1. The molecule has 1 N–H and O–H groups in total. The van der Waals surface area contributed by atoms with Crippen molar-refractivity contribution in [2.75, 3.05) is 11.9 Å². The number of allylic oxidation sites excluding steroid dienone is 1. The normalized spacial score (nSPS) is 17.6. The molecule has 1 fully saturated rings. The fourth-order valence-electron chi connectivity index (χ4n) is 4.02. The molecule has 0 radical (unpaired) electrons. The number of carbonyl (C=O) groups excluding carboxylic acids is 1. The van der Waals surface area contributed by atoms with Gasteiger partial charge in [0.1, 0.15) is 16.6 Å². The molecular formula is C26H28F4N4O2S. The van der Waals surface area contributed by atoms with Crippen LogP contribution in [0.2, 0.25) is 0 Å². The van der Waals surface area contributed by atoms with E-state index in [-0.39, 0.29) is 35.0 Å². The van der Waals surface area contributed by atoms with Gasteiger partial charge in [-0.05, 0) is 56.0 Å². The van der Waals surface area contributed by atoms with E-state index in [0.29, 0.717) is 35.5 Å². The first kappa shape index (κ1) is 27.0. The van der Waals surface area contributed by atoms with Crippen molar-refractivity contribution in [3.63, 3.8) is 0 Å². The monoisotopic (exact) mass is 536 g/mol. The average Bonchev–Trinajstić information content (AvgIpc) is 3.68. The van der Waals surface area contributed by atoms with Crippen molar-refractivity contribution >= 4 is 33.1 Å². The molecule has 4 rings (SSSR count). The van der Waals surface area contributed by atoms with Gasteiger partial charge in [0.15, 0.2) is 0 Å². The van der Waals surface area contributed by atoms with Crippen LogP contribution in [-0.2, 0) is 34.7 Å². The van der Waals surface area contributed by atoms with Gasteiger partial charge in [0, 0.05) is 23.4 Å². The molecule has 0 bridgehead atoms. The summed E-state index contributed by atoms with van der Waals surface area (Å²) in [6.45, 7) is 6.25. The van der Waals surface area contributed by atoms with Crippen LogP contribution in [-0.4, -0.2) is 36.8 Å². The maximum Gasteiger partial charge on any atom is 0.419 e. The Kier molecular flexibility index (Phi) is 7.82. The number of fused-ring (bicyclic) bond motifs is 1. The van der Waals surface area contributed by atoms with E-state index in [4.69, 9.17) is 0 Å². The summed E-state index contributed by atoms with van der Waals surface area (Å²) in [6, 6.07) is 4.44. The van der Waals surface area contributed by atoms with E-state index in [9.17, 15) is 26.6 Å². The van der Waals surface area contributed by atoms with Crippen molar-refractivity contribution in [3.05, 3.63) is 64.9 Å². The Morgan fingerprint density at radius 2 is 1.97 bits per heavy atom. The van der Waals surface area contributed by atoms with E-state index in [1.165, 1.54) is 6.20 Å². The molecule has 1 aromatic heterocycles. The minimum absolute atomic E-state index is 0.0445. The molecule has 0 saturated heterocycles. The fraction of sp³-hybridized carbons (Fsp3) is 0.423. The summed E-state index contributed by atoms with van der Waals surface area (Å²) in [4.78, 5) is 23.8. The van der Waals surface area contributed by atoms with Crippen LogP contribution in [0, 0.1) is 11.7 Å². The third kappa shape index (κ3) is 6.26. The number of anilines is 2. The lowest BCUT2D eigenvalue weighted by Gasteiger charge is -2.28. The SMILES string of the molecule is C/C=C(\N=C(C(C)C)S(=O)C1CC1)C(=O)N1CCc2cc(Nc3ccc(C(F)(F)F)c(F)c3)cnc2C1. The lowest BCUT2D eigenvalue weighted by Crippen LogP contribution is -2.37. The number of hydrogen-bond acceptors (Lipinski definition) is 5. The number of carbonyl (C=O) groups is 1. The standard InChI is InChI=1S/C26H28F4N4O2S/c1-4-22(33-24(15(2)3)37(36)19-6-7-19)25(35)34-10-9-16-11-18(13-31-23(16)14-34)32-17-5-8-20(21(27)12-17)26(28,29)30/h4-5,8,11-13,15,19,32H,6-7,9-10,14H2,1-3H3/b22-4-,33-24?. The van der Waals surface area contributed by atoms with Crippen molar-refractivity contribution in [2.24, 2.45) is 10.9 Å². The van der Waals surface area contributed by atoms with Gasteiger partial charge < -0.3 is 10.2 Å². The smallest absolute Gasteiger partial charge is 0.354 e. The molecule has 1 aliphatic heterocycles. The number of alkyl halides is 3. The summed E-state index contributed by atoms with van der Waals surface area (Å²) in [5, 5.41) is 3.55. The average molecular weight is 537 g/mol. The number of pyridine rings is 1. The highest BCUT2D eigenvalue weighted by atomic mass is 32.2. The topological polar surface area (TPSA) is 74.7 Å². The molecule has 1 atom stereocenters. The maximum atomic E-state index is 13.9. The fourth-order valence-corrected chi connectivity index (χ4v) is 5.58. The predicted octanol–water partition coefficient (Wildman–Crippen LogP) is 5.74. The zero-order chi connectivity index (χ0) is 26.9. The van der Waals surface area contributed by atoms with Gasteiger partial charge in [-0.1, -0.05) is 19.9 Å². The lowest BCUT2D eigenvalue weighted by molar-refractivity contribution is -0.140. The molecule has 1 aliphatic carbocycles. The van der Waals surface area contributed by atoms with Crippen LogP contribution in [0.15, 0.2) is 47.2 Å². The zero-order valence-corrected chi connectivity index (χ0v) is 21.5. The van der Waals surface area contributed by atoms with Crippen LogP contribution in [0.4, 0.5) is 28.9 Å². The first-order valence-electron chi connectivity index (χ1n) is 12.0. The summed E-state index contributed by atoms with van der Waals surface area (Å²) >= 11 is 0. The molecule has 1 amide bonds. The van der Waals surface area contributed by atoms with Crippen LogP contribution in [0.5, 0.6) is 0 Å². The Labute approximate surface area is 215 Å².